The van der Waals surface area contributed by atoms with E-state index >= 15 is 0 Å². The number of carboxylic acids is 1. The molecule has 0 heterocycles. The second kappa shape index (κ2) is 4.68. The molecule has 0 aromatic carbocycles. The lowest BCUT2D eigenvalue weighted by molar-refractivity contribution is -0.146. The van der Waals surface area contributed by atoms with Gasteiger partial charge in [0.25, 0.3) is 0 Å². The van der Waals surface area contributed by atoms with Crippen molar-refractivity contribution < 1.29 is 14.7 Å². The third-order valence-corrected chi connectivity index (χ3v) is 3.52. The summed E-state index contributed by atoms with van der Waals surface area (Å²) in [6, 6.07) is 0.183. The Kier molecular flexibility index (Phi) is 3.27. The molecular weight excluding hydrogens is 206 g/mol. The highest BCUT2D eigenvalue weighted by Crippen LogP contribution is 2.32. The summed E-state index contributed by atoms with van der Waals surface area (Å²) < 4.78 is 0. The van der Waals surface area contributed by atoms with Gasteiger partial charge >= 0.3 is 5.97 Å². The molecule has 16 heavy (non-hydrogen) atoms. The summed E-state index contributed by atoms with van der Waals surface area (Å²) in [6.07, 6.45) is 8.03. The monoisotopic (exact) mass is 223 g/mol. The summed E-state index contributed by atoms with van der Waals surface area (Å²) in [5, 5.41) is 11.9. The summed E-state index contributed by atoms with van der Waals surface area (Å²) in [7, 11) is 0. The summed E-state index contributed by atoms with van der Waals surface area (Å²) in [5.74, 6) is -1.70. The zero-order valence-corrected chi connectivity index (χ0v) is 9.19. The molecule has 0 bridgehead atoms. The number of carboxylic acid groups (broad SMARTS) is 1. The number of hydrogen-bond acceptors (Lipinski definition) is 2. The average molecular weight is 223 g/mol. The van der Waals surface area contributed by atoms with Crippen molar-refractivity contribution in [3.8, 4) is 0 Å². The van der Waals surface area contributed by atoms with Crippen LogP contribution in [0.25, 0.3) is 0 Å². The number of rotatable bonds is 3. The summed E-state index contributed by atoms with van der Waals surface area (Å²) in [5.41, 5.74) is 0. The quantitative estimate of drug-likeness (QED) is 0.709. The maximum absolute atomic E-state index is 11.9. The number of carbonyl (C=O) groups excluding carboxylic acids is 1. The summed E-state index contributed by atoms with van der Waals surface area (Å²) in [6.45, 7) is 0. The number of amides is 1. The fraction of sp³-hybridized carbons (Fsp3) is 0.667. The molecule has 2 aliphatic carbocycles. The van der Waals surface area contributed by atoms with Crippen molar-refractivity contribution in [2.45, 2.75) is 38.1 Å². The van der Waals surface area contributed by atoms with Gasteiger partial charge in [0.05, 0.1) is 11.8 Å². The van der Waals surface area contributed by atoms with Gasteiger partial charge in [0.2, 0.25) is 5.91 Å². The van der Waals surface area contributed by atoms with Crippen molar-refractivity contribution in [3.63, 3.8) is 0 Å². The fourth-order valence-corrected chi connectivity index (χ4v) is 2.61. The van der Waals surface area contributed by atoms with Crippen molar-refractivity contribution in [1.29, 1.82) is 0 Å². The Morgan fingerprint density at radius 1 is 1.12 bits per heavy atom. The van der Waals surface area contributed by atoms with Crippen LogP contribution in [0.4, 0.5) is 0 Å². The van der Waals surface area contributed by atoms with E-state index in [1.165, 1.54) is 0 Å². The van der Waals surface area contributed by atoms with E-state index in [1.54, 1.807) is 0 Å². The van der Waals surface area contributed by atoms with E-state index in [2.05, 4.69) is 5.32 Å². The molecule has 0 radical (unpaired) electrons. The smallest absolute Gasteiger partial charge is 0.307 e. The van der Waals surface area contributed by atoms with Gasteiger partial charge in [0.1, 0.15) is 0 Å². The van der Waals surface area contributed by atoms with Crippen LogP contribution in [0.3, 0.4) is 0 Å². The van der Waals surface area contributed by atoms with Crippen LogP contribution in [-0.2, 0) is 9.59 Å². The van der Waals surface area contributed by atoms with Gasteiger partial charge in [-0.3, -0.25) is 9.59 Å². The van der Waals surface area contributed by atoms with Crippen LogP contribution in [-0.4, -0.2) is 23.0 Å². The Bertz CT molecular complexity index is 316. The first kappa shape index (κ1) is 11.2. The second-order valence-electron chi connectivity index (χ2n) is 4.63. The lowest BCUT2D eigenvalue weighted by Crippen LogP contribution is -2.40. The van der Waals surface area contributed by atoms with Crippen LogP contribution in [0.1, 0.15) is 32.1 Å². The average Bonchev–Trinajstić information content (AvgIpc) is 2.86. The van der Waals surface area contributed by atoms with Gasteiger partial charge < -0.3 is 10.4 Å². The van der Waals surface area contributed by atoms with Crippen molar-refractivity contribution in [2.75, 3.05) is 0 Å². The first-order chi connectivity index (χ1) is 7.68. The number of nitrogens with one attached hydrogen (secondary N) is 1. The predicted octanol–water partition coefficient (Wildman–Crippen LogP) is 1.32. The highest BCUT2D eigenvalue weighted by molar-refractivity contribution is 5.85. The minimum absolute atomic E-state index is 0.0707. The topological polar surface area (TPSA) is 66.4 Å². The van der Waals surface area contributed by atoms with Crippen LogP contribution in [0, 0.1) is 11.8 Å². The molecule has 0 aliphatic heterocycles. The van der Waals surface area contributed by atoms with Crippen molar-refractivity contribution in [2.24, 2.45) is 11.8 Å². The first-order valence-corrected chi connectivity index (χ1v) is 5.86. The fourth-order valence-electron chi connectivity index (χ4n) is 2.61. The van der Waals surface area contributed by atoms with Gasteiger partial charge in [0.15, 0.2) is 0 Å². The molecule has 2 N–H and O–H groups in total. The second-order valence-corrected chi connectivity index (χ2v) is 4.63. The van der Waals surface area contributed by atoms with E-state index in [9.17, 15) is 9.59 Å². The Morgan fingerprint density at radius 2 is 1.75 bits per heavy atom. The normalized spacial score (nSPS) is 29.5. The Hall–Kier alpha value is -1.32. The van der Waals surface area contributed by atoms with Gasteiger partial charge in [0, 0.05) is 6.04 Å². The molecule has 2 aliphatic rings. The Balaban J connectivity index is 1.90. The van der Waals surface area contributed by atoms with E-state index < -0.39 is 11.9 Å². The van der Waals surface area contributed by atoms with E-state index in [-0.39, 0.29) is 17.9 Å². The molecule has 88 valence electrons. The van der Waals surface area contributed by atoms with Gasteiger partial charge in [-0.15, -0.1) is 0 Å². The Labute approximate surface area is 94.7 Å². The molecule has 2 rings (SSSR count). The molecular formula is C12H17NO3. The van der Waals surface area contributed by atoms with E-state index in [0.717, 1.165) is 19.3 Å². The number of hydrogen-bond donors (Lipinski definition) is 2. The molecule has 0 saturated heterocycles. The third kappa shape index (κ3) is 2.26. The summed E-state index contributed by atoms with van der Waals surface area (Å²) in [4.78, 5) is 22.9. The molecule has 4 heteroatoms. The number of aliphatic carboxylic acids is 1. The number of carbonyl (C=O) groups is 2. The molecule has 2 atom stereocenters. The van der Waals surface area contributed by atoms with Gasteiger partial charge in [-0.05, 0) is 25.7 Å². The predicted molar refractivity (Wildman–Crippen MR) is 58.8 cm³/mol. The van der Waals surface area contributed by atoms with Gasteiger partial charge in [-0.1, -0.05) is 18.6 Å². The molecule has 2 unspecified atom stereocenters. The van der Waals surface area contributed by atoms with E-state index in [4.69, 9.17) is 5.11 Å². The minimum Gasteiger partial charge on any atom is -0.481 e. The molecule has 1 amide bonds. The largest absolute Gasteiger partial charge is 0.481 e. The highest BCUT2D eigenvalue weighted by Gasteiger charge is 2.38. The van der Waals surface area contributed by atoms with Crippen LogP contribution in [0.2, 0.25) is 0 Å². The van der Waals surface area contributed by atoms with Crippen LogP contribution >= 0.6 is 0 Å². The maximum atomic E-state index is 11.9. The first-order valence-electron chi connectivity index (χ1n) is 5.86. The highest BCUT2D eigenvalue weighted by atomic mass is 16.4. The van der Waals surface area contributed by atoms with Gasteiger partial charge in [-0.25, -0.2) is 0 Å². The van der Waals surface area contributed by atoms with E-state index in [1.807, 2.05) is 12.2 Å². The molecule has 1 fully saturated rings. The standard InChI is InChI=1S/C12H17NO3/c14-11(13-8-4-1-2-5-8)9-6-3-7-10(9)12(15)16/h1-2,8-10H,3-7H2,(H,13,14)(H,15,16). The molecule has 0 aromatic heterocycles. The van der Waals surface area contributed by atoms with Gasteiger partial charge in [-0.2, -0.15) is 0 Å². The van der Waals surface area contributed by atoms with Crippen molar-refractivity contribution in [3.05, 3.63) is 12.2 Å². The zero-order chi connectivity index (χ0) is 11.5. The van der Waals surface area contributed by atoms with Crippen molar-refractivity contribution >= 4 is 11.9 Å². The Morgan fingerprint density at radius 3 is 2.38 bits per heavy atom. The van der Waals surface area contributed by atoms with Crippen molar-refractivity contribution in [1.82, 2.24) is 5.32 Å². The van der Waals surface area contributed by atoms with Crippen LogP contribution in [0.5, 0.6) is 0 Å². The molecule has 4 nitrogen and oxygen atoms in total. The third-order valence-electron chi connectivity index (χ3n) is 3.52. The van der Waals surface area contributed by atoms with Crippen LogP contribution < -0.4 is 5.32 Å². The lowest BCUT2D eigenvalue weighted by Gasteiger charge is -2.19. The summed E-state index contributed by atoms with van der Waals surface area (Å²) >= 11 is 0. The molecule has 0 aromatic rings. The zero-order valence-electron chi connectivity index (χ0n) is 9.19. The molecule has 1 saturated carbocycles. The SMILES string of the molecule is O=C(O)C1CCCC1C(=O)NC1CC=CC1. The maximum Gasteiger partial charge on any atom is 0.307 e. The van der Waals surface area contributed by atoms with Crippen LogP contribution in [0.15, 0.2) is 12.2 Å². The van der Waals surface area contributed by atoms with E-state index in [0.29, 0.717) is 12.8 Å². The molecule has 0 spiro atoms. The lowest BCUT2D eigenvalue weighted by atomic mass is 9.95. The minimum atomic E-state index is -0.831.